The summed E-state index contributed by atoms with van der Waals surface area (Å²) in [7, 11) is 0. The number of carbonyl (C=O) groups is 1. The SMILES string of the molecule is CSCCC(=O)c1cc(Br)ccc1F. The van der Waals surface area contributed by atoms with Gasteiger partial charge in [0, 0.05) is 16.6 Å². The molecule has 0 aliphatic heterocycles. The van der Waals surface area contributed by atoms with Crippen molar-refractivity contribution >= 4 is 33.5 Å². The van der Waals surface area contributed by atoms with E-state index in [0.29, 0.717) is 6.42 Å². The molecule has 1 aromatic rings. The fourth-order valence-electron chi connectivity index (χ4n) is 1.04. The normalized spacial score (nSPS) is 10.2. The van der Waals surface area contributed by atoms with Crippen molar-refractivity contribution in [2.24, 2.45) is 0 Å². The first-order valence-electron chi connectivity index (χ1n) is 4.12. The van der Waals surface area contributed by atoms with Crippen LogP contribution >= 0.6 is 27.7 Å². The summed E-state index contributed by atoms with van der Waals surface area (Å²) in [5.74, 6) is 0.141. The lowest BCUT2D eigenvalue weighted by atomic mass is 10.1. The van der Waals surface area contributed by atoms with Crippen molar-refractivity contribution in [3.63, 3.8) is 0 Å². The molecular formula is C10H10BrFOS. The molecule has 0 saturated carbocycles. The fourth-order valence-corrected chi connectivity index (χ4v) is 1.79. The highest BCUT2D eigenvalue weighted by molar-refractivity contribution is 9.10. The predicted molar refractivity (Wildman–Crippen MR) is 61.4 cm³/mol. The Kier molecular flexibility index (Phi) is 4.62. The van der Waals surface area contributed by atoms with Crippen LogP contribution in [0.5, 0.6) is 0 Å². The molecule has 14 heavy (non-hydrogen) atoms. The molecule has 1 aromatic carbocycles. The molecule has 0 fully saturated rings. The van der Waals surface area contributed by atoms with E-state index in [2.05, 4.69) is 15.9 Å². The average Bonchev–Trinajstić information content (AvgIpc) is 2.18. The van der Waals surface area contributed by atoms with E-state index in [1.165, 1.54) is 12.1 Å². The lowest BCUT2D eigenvalue weighted by Gasteiger charge is -2.02. The topological polar surface area (TPSA) is 17.1 Å². The molecule has 1 rings (SSSR count). The number of ketones is 1. The molecule has 0 spiro atoms. The second-order valence-electron chi connectivity index (χ2n) is 2.79. The largest absolute Gasteiger partial charge is 0.294 e. The average molecular weight is 277 g/mol. The molecule has 76 valence electrons. The molecule has 0 N–H and O–H groups in total. The third kappa shape index (κ3) is 3.10. The molecule has 0 unspecified atom stereocenters. The van der Waals surface area contributed by atoms with Crippen molar-refractivity contribution in [3.05, 3.63) is 34.1 Å². The number of hydrogen-bond acceptors (Lipinski definition) is 2. The summed E-state index contributed by atoms with van der Waals surface area (Å²) in [5.41, 5.74) is 0.174. The second kappa shape index (κ2) is 5.51. The summed E-state index contributed by atoms with van der Waals surface area (Å²) in [4.78, 5) is 11.5. The highest BCUT2D eigenvalue weighted by Gasteiger charge is 2.11. The Balaban J connectivity index is 2.83. The minimum atomic E-state index is -0.445. The maximum Gasteiger partial charge on any atom is 0.166 e. The molecule has 4 heteroatoms. The predicted octanol–water partition coefficient (Wildman–Crippen LogP) is 3.52. The van der Waals surface area contributed by atoms with Gasteiger partial charge in [-0.3, -0.25) is 4.79 Å². The van der Waals surface area contributed by atoms with Crippen molar-refractivity contribution in [1.29, 1.82) is 0 Å². The number of rotatable bonds is 4. The zero-order valence-electron chi connectivity index (χ0n) is 7.72. The van der Waals surface area contributed by atoms with E-state index in [-0.39, 0.29) is 11.3 Å². The molecule has 0 amide bonds. The zero-order chi connectivity index (χ0) is 10.6. The minimum Gasteiger partial charge on any atom is -0.294 e. The Hall–Kier alpha value is -0.350. The highest BCUT2D eigenvalue weighted by atomic mass is 79.9. The van der Waals surface area contributed by atoms with Crippen LogP contribution in [0.4, 0.5) is 4.39 Å². The van der Waals surface area contributed by atoms with Gasteiger partial charge in [0.1, 0.15) is 5.82 Å². The van der Waals surface area contributed by atoms with Gasteiger partial charge in [0.05, 0.1) is 5.56 Å². The van der Waals surface area contributed by atoms with Crippen LogP contribution in [0.15, 0.2) is 22.7 Å². The van der Waals surface area contributed by atoms with Gasteiger partial charge in [-0.25, -0.2) is 4.39 Å². The van der Waals surface area contributed by atoms with Gasteiger partial charge in [-0.15, -0.1) is 0 Å². The summed E-state index contributed by atoms with van der Waals surface area (Å²) < 4.78 is 13.9. The Morgan fingerprint density at radius 1 is 1.57 bits per heavy atom. The van der Waals surface area contributed by atoms with Crippen LogP contribution in [0.1, 0.15) is 16.8 Å². The van der Waals surface area contributed by atoms with Gasteiger partial charge in [-0.2, -0.15) is 11.8 Å². The van der Waals surface area contributed by atoms with Crippen molar-refractivity contribution in [3.8, 4) is 0 Å². The maximum absolute atomic E-state index is 13.2. The van der Waals surface area contributed by atoms with Crippen LogP contribution in [0.25, 0.3) is 0 Å². The lowest BCUT2D eigenvalue weighted by Crippen LogP contribution is -2.03. The quantitative estimate of drug-likeness (QED) is 0.783. The molecule has 0 saturated heterocycles. The standard InChI is InChI=1S/C10H10BrFOS/c1-14-5-4-10(13)8-6-7(11)2-3-9(8)12/h2-3,6H,4-5H2,1H3. The number of thioether (sulfide) groups is 1. The van der Waals surface area contributed by atoms with Crippen LogP contribution in [-0.2, 0) is 0 Å². The molecule has 0 radical (unpaired) electrons. The minimum absolute atomic E-state index is 0.141. The number of halogens is 2. The van der Waals surface area contributed by atoms with Crippen LogP contribution in [0.3, 0.4) is 0 Å². The van der Waals surface area contributed by atoms with E-state index < -0.39 is 5.82 Å². The Morgan fingerprint density at radius 3 is 2.93 bits per heavy atom. The summed E-state index contributed by atoms with van der Waals surface area (Å²) in [6, 6.07) is 4.41. The highest BCUT2D eigenvalue weighted by Crippen LogP contribution is 2.17. The molecule has 0 atom stereocenters. The number of Topliss-reactive ketones (excluding diaryl/α,β-unsaturated/α-hetero) is 1. The molecule has 0 aromatic heterocycles. The van der Waals surface area contributed by atoms with Gasteiger partial charge in [0.15, 0.2) is 5.78 Å². The van der Waals surface area contributed by atoms with E-state index >= 15 is 0 Å². The third-order valence-electron chi connectivity index (χ3n) is 1.76. The summed E-state index contributed by atoms with van der Waals surface area (Å²) >= 11 is 4.79. The van der Waals surface area contributed by atoms with E-state index in [1.807, 2.05) is 6.26 Å². The van der Waals surface area contributed by atoms with Crippen molar-refractivity contribution in [2.45, 2.75) is 6.42 Å². The number of hydrogen-bond donors (Lipinski definition) is 0. The number of carbonyl (C=O) groups excluding carboxylic acids is 1. The van der Waals surface area contributed by atoms with Crippen LogP contribution in [0.2, 0.25) is 0 Å². The molecule has 1 nitrogen and oxygen atoms in total. The molecule has 0 aliphatic rings. The Labute approximate surface area is 95.2 Å². The summed E-state index contributed by atoms with van der Waals surface area (Å²) in [5, 5.41) is 0. The zero-order valence-corrected chi connectivity index (χ0v) is 10.1. The van der Waals surface area contributed by atoms with Crippen LogP contribution in [0, 0.1) is 5.82 Å². The molecule has 0 bridgehead atoms. The Morgan fingerprint density at radius 2 is 2.29 bits per heavy atom. The first-order chi connectivity index (χ1) is 6.65. The fraction of sp³-hybridized carbons (Fsp3) is 0.300. The molecule has 0 aliphatic carbocycles. The van der Waals surface area contributed by atoms with Crippen molar-refractivity contribution in [1.82, 2.24) is 0 Å². The number of benzene rings is 1. The first kappa shape index (κ1) is 11.7. The second-order valence-corrected chi connectivity index (χ2v) is 4.69. The monoisotopic (exact) mass is 276 g/mol. The van der Waals surface area contributed by atoms with Gasteiger partial charge in [0.2, 0.25) is 0 Å². The summed E-state index contributed by atoms with van der Waals surface area (Å²) in [6.07, 6.45) is 2.30. The molecule has 0 heterocycles. The van der Waals surface area contributed by atoms with Gasteiger partial charge >= 0.3 is 0 Å². The van der Waals surface area contributed by atoms with E-state index in [0.717, 1.165) is 10.2 Å². The van der Waals surface area contributed by atoms with Gasteiger partial charge < -0.3 is 0 Å². The van der Waals surface area contributed by atoms with Gasteiger partial charge in [-0.05, 0) is 24.5 Å². The van der Waals surface area contributed by atoms with Crippen molar-refractivity contribution in [2.75, 3.05) is 12.0 Å². The van der Waals surface area contributed by atoms with Crippen LogP contribution in [-0.4, -0.2) is 17.8 Å². The summed E-state index contributed by atoms with van der Waals surface area (Å²) in [6.45, 7) is 0. The van der Waals surface area contributed by atoms with E-state index in [4.69, 9.17) is 0 Å². The first-order valence-corrected chi connectivity index (χ1v) is 6.31. The molecular weight excluding hydrogens is 267 g/mol. The Bertz CT molecular complexity index is 341. The third-order valence-corrected chi connectivity index (χ3v) is 2.87. The van der Waals surface area contributed by atoms with E-state index in [9.17, 15) is 9.18 Å². The van der Waals surface area contributed by atoms with Gasteiger partial charge in [0.25, 0.3) is 0 Å². The smallest absolute Gasteiger partial charge is 0.166 e. The van der Waals surface area contributed by atoms with E-state index in [1.54, 1.807) is 17.8 Å². The van der Waals surface area contributed by atoms with Crippen molar-refractivity contribution < 1.29 is 9.18 Å². The lowest BCUT2D eigenvalue weighted by molar-refractivity contribution is 0.0985. The van der Waals surface area contributed by atoms with Gasteiger partial charge in [-0.1, -0.05) is 15.9 Å². The maximum atomic E-state index is 13.2. The van der Waals surface area contributed by atoms with Crippen LogP contribution < -0.4 is 0 Å².